The Kier molecular flexibility index (Phi) is 12.8. The third kappa shape index (κ3) is 10.7. The molecule has 0 unspecified atom stereocenters. The van der Waals surface area contributed by atoms with Crippen molar-refractivity contribution in [2.24, 2.45) is 10.4 Å². The average molecular weight is 506 g/mol. The van der Waals surface area contributed by atoms with Crippen LogP contribution in [0, 0.1) is 5.41 Å². The SMILES string of the molecule is COCCC(C)(C)CNC(=NCc1ccc(OC)cc1)NCC(=O)N(C)C.I. The van der Waals surface area contributed by atoms with E-state index in [0.29, 0.717) is 19.1 Å². The van der Waals surface area contributed by atoms with Crippen molar-refractivity contribution in [3.63, 3.8) is 0 Å². The molecule has 1 amide bonds. The second-order valence-corrected chi connectivity index (χ2v) is 7.42. The highest BCUT2D eigenvalue weighted by Crippen LogP contribution is 2.18. The molecule has 1 rings (SSSR count). The molecule has 0 aliphatic heterocycles. The molecular formula is C20H35IN4O3. The zero-order valence-corrected chi connectivity index (χ0v) is 20.2. The fourth-order valence-electron chi connectivity index (χ4n) is 2.18. The quantitative estimate of drug-likeness (QED) is 0.290. The van der Waals surface area contributed by atoms with Gasteiger partial charge in [-0.25, -0.2) is 4.99 Å². The molecule has 0 saturated heterocycles. The van der Waals surface area contributed by atoms with Gasteiger partial charge in [0.25, 0.3) is 0 Å². The highest BCUT2D eigenvalue weighted by atomic mass is 127. The molecule has 2 N–H and O–H groups in total. The lowest BCUT2D eigenvalue weighted by molar-refractivity contribution is -0.127. The molecule has 0 aromatic heterocycles. The van der Waals surface area contributed by atoms with Gasteiger partial charge in [0.05, 0.1) is 20.2 Å². The number of halogens is 1. The van der Waals surface area contributed by atoms with Gasteiger partial charge in [-0.05, 0) is 29.5 Å². The number of nitrogens with one attached hydrogen (secondary N) is 2. The highest BCUT2D eigenvalue weighted by molar-refractivity contribution is 14.0. The third-order valence-electron chi connectivity index (χ3n) is 4.20. The van der Waals surface area contributed by atoms with E-state index in [0.717, 1.165) is 24.3 Å². The third-order valence-corrected chi connectivity index (χ3v) is 4.20. The molecule has 0 spiro atoms. The molecular weight excluding hydrogens is 471 g/mol. The maximum Gasteiger partial charge on any atom is 0.241 e. The van der Waals surface area contributed by atoms with Crippen molar-refractivity contribution in [3.05, 3.63) is 29.8 Å². The van der Waals surface area contributed by atoms with E-state index in [1.54, 1.807) is 33.2 Å². The Hall–Kier alpha value is -1.55. The zero-order chi connectivity index (χ0) is 20.3. The molecule has 0 saturated carbocycles. The summed E-state index contributed by atoms with van der Waals surface area (Å²) in [7, 11) is 6.82. The van der Waals surface area contributed by atoms with Gasteiger partial charge in [0.15, 0.2) is 5.96 Å². The number of guanidine groups is 1. The van der Waals surface area contributed by atoms with Gasteiger partial charge in [-0.2, -0.15) is 0 Å². The second kappa shape index (κ2) is 13.6. The molecule has 7 nitrogen and oxygen atoms in total. The summed E-state index contributed by atoms with van der Waals surface area (Å²) in [6.45, 7) is 6.48. The topological polar surface area (TPSA) is 75.2 Å². The van der Waals surface area contributed by atoms with Crippen LogP contribution in [0.25, 0.3) is 0 Å². The first-order valence-electron chi connectivity index (χ1n) is 9.11. The summed E-state index contributed by atoms with van der Waals surface area (Å²) in [4.78, 5) is 18.1. The van der Waals surface area contributed by atoms with Gasteiger partial charge in [-0.15, -0.1) is 24.0 Å². The second-order valence-electron chi connectivity index (χ2n) is 7.42. The van der Waals surface area contributed by atoms with Gasteiger partial charge >= 0.3 is 0 Å². The molecule has 0 aliphatic rings. The largest absolute Gasteiger partial charge is 0.497 e. The predicted octanol–water partition coefficient (Wildman–Crippen LogP) is 2.50. The number of carbonyl (C=O) groups is 1. The Morgan fingerprint density at radius 1 is 1.14 bits per heavy atom. The normalized spacial score (nSPS) is 11.4. The van der Waals surface area contributed by atoms with Crippen LogP contribution in [0.3, 0.4) is 0 Å². The molecule has 0 heterocycles. The first-order chi connectivity index (χ1) is 12.8. The fourth-order valence-corrected chi connectivity index (χ4v) is 2.18. The van der Waals surface area contributed by atoms with Crippen molar-refractivity contribution in [1.29, 1.82) is 0 Å². The molecule has 0 atom stereocenters. The number of aliphatic imine (C=N–C) groups is 1. The molecule has 0 bridgehead atoms. The van der Waals surface area contributed by atoms with E-state index in [1.807, 2.05) is 24.3 Å². The van der Waals surface area contributed by atoms with Gasteiger partial charge in [0.1, 0.15) is 5.75 Å². The standard InChI is InChI=1S/C20H34N4O3.HI/c1-20(2,11-12-26-5)15-23-19(22-14-18(25)24(3)4)21-13-16-7-9-17(27-6)10-8-16;/h7-10H,11-15H2,1-6H3,(H2,21,22,23);1H. The Bertz CT molecular complexity index is 604. The van der Waals surface area contributed by atoms with Gasteiger partial charge in [0, 0.05) is 34.4 Å². The molecule has 160 valence electrons. The number of carbonyl (C=O) groups excluding carboxylic acids is 1. The van der Waals surface area contributed by atoms with Gasteiger partial charge in [-0.3, -0.25) is 4.79 Å². The minimum atomic E-state index is -0.00686. The summed E-state index contributed by atoms with van der Waals surface area (Å²) in [5.74, 6) is 1.43. The van der Waals surface area contributed by atoms with Gasteiger partial charge in [-0.1, -0.05) is 26.0 Å². The van der Waals surface area contributed by atoms with Crippen molar-refractivity contribution in [2.45, 2.75) is 26.8 Å². The molecule has 0 fully saturated rings. The van der Waals surface area contributed by atoms with Crippen LogP contribution >= 0.6 is 24.0 Å². The van der Waals surface area contributed by atoms with Crippen molar-refractivity contribution < 1.29 is 14.3 Å². The van der Waals surface area contributed by atoms with E-state index < -0.39 is 0 Å². The summed E-state index contributed by atoms with van der Waals surface area (Å²) >= 11 is 0. The molecule has 28 heavy (non-hydrogen) atoms. The number of nitrogens with zero attached hydrogens (tertiary/aromatic N) is 2. The van der Waals surface area contributed by atoms with Crippen LogP contribution in [-0.2, 0) is 16.1 Å². The van der Waals surface area contributed by atoms with E-state index in [9.17, 15) is 4.79 Å². The van der Waals surface area contributed by atoms with Crippen molar-refractivity contribution >= 4 is 35.8 Å². The number of ether oxygens (including phenoxy) is 2. The number of benzene rings is 1. The van der Waals surface area contributed by atoms with Crippen LogP contribution in [0.5, 0.6) is 5.75 Å². The Balaban J connectivity index is 0.00000729. The molecule has 8 heteroatoms. The first kappa shape index (κ1) is 26.4. The average Bonchev–Trinajstić information content (AvgIpc) is 2.65. The Morgan fingerprint density at radius 3 is 2.32 bits per heavy atom. The summed E-state index contributed by atoms with van der Waals surface area (Å²) < 4.78 is 10.4. The number of likely N-dealkylation sites (N-methyl/N-ethyl adjacent to an activating group) is 1. The minimum Gasteiger partial charge on any atom is -0.497 e. The van der Waals surface area contributed by atoms with Crippen LogP contribution in [0.2, 0.25) is 0 Å². The van der Waals surface area contributed by atoms with Gasteiger partial charge in [0.2, 0.25) is 5.91 Å². The van der Waals surface area contributed by atoms with E-state index >= 15 is 0 Å². The van der Waals surface area contributed by atoms with Crippen molar-refractivity contribution in [3.8, 4) is 5.75 Å². The summed E-state index contributed by atoms with van der Waals surface area (Å²) in [5, 5.41) is 6.46. The number of rotatable bonds is 10. The van der Waals surface area contributed by atoms with Crippen LogP contribution in [0.15, 0.2) is 29.3 Å². The fraction of sp³-hybridized carbons (Fsp3) is 0.600. The molecule has 1 aromatic carbocycles. The maximum atomic E-state index is 11.9. The van der Waals surface area contributed by atoms with Crippen molar-refractivity contribution in [2.75, 3.05) is 48.0 Å². The predicted molar refractivity (Wildman–Crippen MR) is 125 cm³/mol. The lowest BCUT2D eigenvalue weighted by Gasteiger charge is -2.26. The monoisotopic (exact) mass is 506 g/mol. The van der Waals surface area contributed by atoms with E-state index in [4.69, 9.17) is 9.47 Å². The Labute approximate surface area is 186 Å². The van der Waals surface area contributed by atoms with Crippen LogP contribution in [0.4, 0.5) is 0 Å². The minimum absolute atomic E-state index is 0. The smallest absolute Gasteiger partial charge is 0.241 e. The zero-order valence-electron chi connectivity index (χ0n) is 17.9. The first-order valence-corrected chi connectivity index (χ1v) is 9.11. The highest BCUT2D eigenvalue weighted by Gasteiger charge is 2.18. The van der Waals surface area contributed by atoms with Gasteiger partial charge < -0.3 is 25.0 Å². The summed E-state index contributed by atoms with van der Waals surface area (Å²) in [6.07, 6.45) is 0.929. The lowest BCUT2D eigenvalue weighted by atomic mass is 9.90. The Morgan fingerprint density at radius 2 is 1.79 bits per heavy atom. The number of methoxy groups -OCH3 is 2. The van der Waals surface area contributed by atoms with Crippen molar-refractivity contribution in [1.82, 2.24) is 15.5 Å². The lowest BCUT2D eigenvalue weighted by Crippen LogP contribution is -2.45. The van der Waals surface area contributed by atoms with Crippen LogP contribution in [0.1, 0.15) is 25.8 Å². The molecule has 0 aliphatic carbocycles. The number of hydrogen-bond acceptors (Lipinski definition) is 4. The molecule has 0 radical (unpaired) electrons. The summed E-state index contributed by atoms with van der Waals surface area (Å²) in [5.41, 5.74) is 1.11. The maximum absolute atomic E-state index is 11.9. The summed E-state index contributed by atoms with van der Waals surface area (Å²) in [6, 6.07) is 7.78. The van der Waals surface area contributed by atoms with E-state index in [2.05, 4.69) is 29.5 Å². The van der Waals surface area contributed by atoms with E-state index in [1.165, 1.54) is 0 Å². The van der Waals surface area contributed by atoms with Crippen LogP contribution < -0.4 is 15.4 Å². The number of amides is 1. The van der Waals surface area contributed by atoms with E-state index in [-0.39, 0.29) is 41.8 Å². The molecule has 1 aromatic rings. The number of hydrogen-bond donors (Lipinski definition) is 2. The van der Waals surface area contributed by atoms with Crippen LogP contribution in [-0.4, -0.2) is 64.8 Å².